The standard InChI is InChI=1S/C22H23ClN4O5/c1-2-31-19-11-14(12-24-27-22(30)21(29)26-17-8-9-17)3-10-18(19)32-13-20(28)25-16-6-4-15(23)5-7-16/h3-7,10-12,17H,2,8-9,13H2,1H3,(H,25,28)(H,26,29)(H,27,30)/b24-12-. The number of nitrogens with zero attached hydrogens (tertiary/aromatic N) is 1. The van der Waals surface area contributed by atoms with Gasteiger partial charge in [0.05, 0.1) is 12.8 Å². The van der Waals surface area contributed by atoms with Gasteiger partial charge in [-0.15, -0.1) is 0 Å². The van der Waals surface area contributed by atoms with E-state index < -0.39 is 11.8 Å². The van der Waals surface area contributed by atoms with Crippen molar-refractivity contribution in [3.8, 4) is 11.5 Å². The number of carbonyl (C=O) groups excluding carboxylic acids is 3. The molecular formula is C22H23ClN4O5. The van der Waals surface area contributed by atoms with Gasteiger partial charge in [-0.3, -0.25) is 14.4 Å². The number of amides is 3. The Kier molecular flexibility index (Phi) is 8.04. The molecule has 0 unspecified atom stereocenters. The summed E-state index contributed by atoms with van der Waals surface area (Å²) in [5.41, 5.74) is 3.39. The molecule has 3 N–H and O–H groups in total. The van der Waals surface area contributed by atoms with Gasteiger partial charge in [-0.2, -0.15) is 5.10 Å². The number of benzene rings is 2. The van der Waals surface area contributed by atoms with E-state index in [-0.39, 0.29) is 18.6 Å². The van der Waals surface area contributed by atoms with E-state index in [1.807, 2.05) is 6.92 Å². The summed E-state index contributed by atoms with van der Waals surface area (Å²) in [7, 11) is 0. The van der Waals surface area contributed by atoms with Crippen LogP contribution in [0.1, 0.15) is 25.3 Å². The first kappa shape index (κ1) is 23.1. The minimum Gasteiger partial charge on any atom is -0.490 e. The maximum absolute atomic E-state index is 12.1. The monoisotopic (exact) mass is 458 g/mol. The van der Waals surface area contributed by atoms with Gasteiger partial charge < -0.3 is 20.1 Å². The lowest BCUT2D eigenvalue weighted by Crippen LogP contribution is -2.38. The van der Waals surface area contributed by atoms with Crippen LogP contribution in [-0.2, 0) is 14.4 Å². The number of rotatable bonds is 9. The third-order valence-electron chi connectivity index (χ3n) is 4.25. The van der Waals surface area contributed by atoms with Crippen molar-refractivity contribution < 1.29 is 23.9 Å². The van der Waals surface area contributed by atoms with Gasteiger partial charge in [-0.05, 0) is 67.8 Å². The van der Waals surface area contributed by atoms with Gasteiger partial charge in [0.25, 0.3) is 5.91 Å². The van der Waals surface area contributed by atoms with E-state index in [4.69, 9.17) is 21.1 Å². The van der Waals surface area contributed by atoms with Crippen LogP contribution in [0.4, 0.5) is 5.69 Å². The minimum absolute atomic E-state index is 0.0896. The van der Waals surface area contributed by atoms with Crippen molar-refractivity contribution in [1.82, 2.24) is 10.7 Å². The molecule has 0 atom stereocenters. The molecule has 0 heterocycles. The largest absolute Gasteiger partial charge is 0.490 e. The third kappa shape index (κ3) is 7.28. The van der Waals surface area contributed by atoms with Crippen LogP contribution in [-0.4, -0.2) is 43.2 Å². The molecule has 0 aromatic heterocycles. The maximum atomic E-state index is 12.1. The van der Waals surface area contributed by atoms with Crippen LogP contribution < -0.4 is 25.5 Å². The van der Waals surface area contributed by atoms with Crippen molar-refractivity contribution >= 4 is 41.2 Å². The first-order valence-electron chi connectivity index (χ1n) is 10.0. The van der Waals surface area contributed by atoms with E-state index in [0.717, 1.165) is 12.8 Å². The quantitative estimate of drug-likeness (QED) is 0.303. The second-order valence-corrected chi connectivity index (χ2v) is 7.37. The Morgan fingerprint density at radius 2 is 1.81 bits per heavy atom. The van der Waals surface area contributed by atoms with Gasteiger partial charge in [0.1, 0.15) is 0 Å². The summed E-state index contributed by atoms with van der Waals surface area (Å²) in [6.45, 7) is 1.98. The van der Waals surface area contributed by atoms with E-state index in [2.05, 4.69) is 21.2 Å². The first-order valence-corrected chi connectivity index (χ1v) is 10.4. The Morgan fingerprint density at radius 3 is 2.50 bits per heavy atom. The number of ether oxygens (including phenoxy) is 2. The number of carbonyl (C=O) groups is 3. The maximum Gasteiger partial charge on any atom is 0.329 e. The molecule has 1 aliphatic carbocycles. The van der Waals surface area contributed by atoms with E-state index >= 15 is 0 Å². The normalized spacial score (nSPS) is 12.8. The fourth-order valence-corrected chi connectivity index (χ4v) is 2.69. The molecule has 2 aromatic carbocycles. The van der Waals surface area contributed by atoms with E-state index in [1.54, 1.807) is 42.5 Å². The molecule has 1 fully saturated rings. The van der Waals surface area contributed by atoms with Gasteiger partial charge in [0.15, 0.2) is 18.1 Å². The molecule has 0 bridgehead atoms. The molecular weight excluding hydrogens is 436 g/mol. The smallest absolute Gasteiger partial charge is 0.329 e. The average molecular weight is 459 g/mol. The van der Waals surface area contributed by atoms with E-state index in [9.17, 15) is 14.4 Å². The van der Waals surface area contributed by atoms with Crippen molar-refractivity contribution in [2.45, 2.75) is 25.8 Å². The van der Waals surface area contributed by atoms with Crippen molar-refractivity contribution in [3.05, 3.63) is 53.1 Å². The molecule has 0 radical (unpaired) electrons. The van der Waals surface area contributed by atoms with Crippen molar-refractivity contribution in [2.75, 3.05) is 18.5 Å². The van der Waals surface area contributed by atoms with E-state index in [1.165, 1.54) is 6.21 Å². The van der Waals surface area contributed by atoms with Gasteiger partial charge in [-0.1, -0.05) is 11.6 Å². The molecule has 32 heavy (non-hydrogen) atoms. The zero-order chi connectivity index (χ0) is 22.9. The minimum atomic E-state index is -0.829. The Bertz CT molecular complexity index is 1010. The van der Waals surface area contributed by atoms with Crippen LogP contribution >= 0.6 is 11.6 Å². The Morgan fingerprint density at radius 1 is 1.06 bits per heavy atom. The van der Waals surface area contributed by atoms with Crippen LogP contribution in [0.3, 0.4) is 0 Å². The summed E-state index contributed by atoms with van der Waals surface area (Å²) in [5, 5.41) is 9.65. The molecule has 0 saturated heterocycles. The van der Waals surface area contributed by atoms with Crippen LogP contribution in [0.25, 0.3) is 0 Å². The van der Waals surface area contributed by atoms with Crippen LogP contribution in [0.2, 0.25) is 5.02 Å². The highest BCUT2D eigenvalue weighted by Crippen LogP contribution is 2.28. The molecule has 10 heteroatoms. The predicted molar refractivity (Wildman–Crippen MR) is 120 cm³/mol. The molecule has 168 valence electrons. The van der Waals surface area contributed by atoms with Crippen molar-refractivity contribution in [1.29, 1.82) is 0 Å². The molecule has 3 rings (SSSR count). The van der Waals surface area contributed by atoms with Crippen LogP contribution in [0.5, 0.6) is 11.5 Å². The summed E-state index contributed by atoms with van der Waals surface area (Å²) in [6.07, 6.45) is 3.15. The van der Waals surface area contributed by atoms with Gasteiger partial charge >= 0.3 is 11.8 Å². The summed E-state index contributed by atoms with van der Waals surface area (Å²) in [4.78, 5) is 35.4. The fraction of sp³-hybridized carbons (Fsp3) is 0.273. The highest BCUT2D eigenvalue weighted by molar-refractivity contribution is 6.35. The lowest BCUT2D eigenvalue weighted by atomic mass is 10.2. The van der Waals surface area contributed by atoms with Gasteiger partial charge in [0.2, 0.25) is 0 Å². The zero-order valence-electron chi connectivity index (χ0n) is 17.4. The zero-order valence-corrected chi connectivity index (χ0v) is 18.1. The second-order valence-electron chi connectivity index (χ2n) is 6.93. The third-order valence-corrected chi connectivity index (χ3v) is 4.50. The Labute approximate surface area is 190 Å². The molecule has 9 nitrogen and oxygen atoms in total. The van der Waals surface area contributed by atoms with E-state index in [0.29, 0.717) is 34.4 Å². The molecule has 3 amide bonds. The average Bonchev–Trinajstić information content (AvgIpc) is 3.59. The highest BCUT2D eigenvalue weighted by Gasteiger charge is 2.26. The predicted octanol–water partition coefficient (Wildman–Crippen LogP) is 2.48. The fourth-order valence-electron chi connectivity index (χ4n) is 2.56. The number of hydrazone groups is 1. The molecule has 1 saturated carbocycles. The molecule has 2 aromatic rings. The van der Waals surface area contributed by atoms with Crippen molar-refractivity contribution in [2.24, 2.45) is 5.10 Å². The van der Waals surface area contributed by atoms with Crippen LogP contribution in [0.15, 0.2) is 47.6 Å². The summed E-state index contributed by atoms with van der Waals surface area (Å²) < 4.78 is 11.2. The first-order chi connectivity index (χ1) is 15.4. The highest BCUT2D eigenvalue weighted by atomic mass is 35.5. The summed E-state index contributed by atoms with van der Waals surface area (Å²) >= 11 is 5.83. The number of halogens is 1. The lowest BCUT2D eigenvalue weighted by Gasteiger charge is -2.12. The SMILES string of the molecule is CCOc1cc(/C=N\NC(=O)C(=O)NC2CC2)ccc1OCC(=O)Nc1ccc(Cl)cc1. The number of hydrogen-bond acceptors (Lipinski definition) is 6. The van der Waals surface area contributed by atoms with Crippen molar-refractivity contribution in [3.63, 3.8) is 0 Å². The Balaban J connectivity index is 1.54. The van der Waals surface area contributed by atoms with Crippen LogP contribution in [0, 0.1) is 0 Å². The Hall–Kier alpha value is -3.59. The van der Waals surface area contributed by atoms with Gasteiger partial charge in [0, 0.05) is 16.8 Å². The topological polar surface area (TPSA) is 118 Å². The molecule has 0 spiro atoms. The number of anilines is 1. The molecule has 1 aliphatic rings. The second kappa shape index (κ2) is 11.1. The summed E-state index contributed by atoms with van der Waals surface area (Å²) in [6, 6.07) is 11.8. The lowest BCUT2D eigenvalue weighted by molar-refractivity contribution is -0.139. The number of nitrogens with one attached hydrogen (secondary N) is 3. The number of hydrogen-bond donors (Lipinski definition) is 3. The molecule has 0 aliphatic heterocycles. The van der Waals surface area contributed by atoms with Gasteiger partial charge in [-0.25, -0.2) is 5.43 Å². The summed E-state index contributed by atoms with van der Waals surface area (Å²) in [5.74, 6) is -1.09.